The number of hydrogen-bond donors (Lipinski definition) is 1. The molecule has 0 spiro atoms. The molecular formula is C18H18FN. The van der Waals surface area contributed by atoms with Crippen LogP contribution in [0.2, 0.25) is 0 Å². The van der Waals surface area contributed by atoms with Gasteiger partial charge in [-0.3, -0.25) is 0 Å². The zero-order chi connectivity index (χ0) is 13.7. The molecule has 1 fully saturated rings. The molecule has 102 valence electrons. The summed E-state index contributed by atoms with van der Waals surface area (Å²) in [4.78, 5) is 0. The van der Waals surface area contributed by atoms with Crippen LogP contribution in [0.15, 0.2) is 48.5 Å². The molecule has 2 aromatic carbocycles. The lowest BCUT2D eigenvalue weighted by molar-refractivity contribution is 0.553. The predicted octanol–water partition coefficient (Wildman–Crippen LogP) is 3.80. The SMILES string of the molecule is NC(c1ccc(F)cc1)C1C2CCc3ccccc3C21. The molecule has 2 aliphatic carbocycles. The largest absolute Gasteiger partial charge is 0.324 e. The van der Waals surface area contributed by atoms with E-state index in [4.69, 9.17) is 5.73 Å². The zero-order valence-electron chi connectivity index (χ0n) is 11.3. The second-order valence-electron chi connectivity index (χ2n) is 6.08. The molecule has 1 saturated carbocycles. The van der Waals surface area contributed by atoms with Crippen LogP contribution in [0.25, 0.3) is 0 Å². The van der Waals surface area contributed by atoms with Gasteiger partial charge in [-0.15, -0.1) is 0 Å². The molecule has 20 heavy (non-hydrogen) atoms. The summed E-state index contributed by atoms with van der Waals surface area (Å²) in [5.41, 5.74) is 10.5. The summed E-state index contributed by atoms with van der Waals surface area (Å²) in [6.07, 6.45) is 2.41. The first-order valence-corrected chi connectivity index (χ1v) is 7.34. The van der Waals surface area contributed by atoms with Gasteiger partial charge in [0.25, 0.3) is 0 Å². The van der Waals surface area contributed by atoms with Gasteiger partial charge in [-0.05, 0) is 59.4 Å². The fourth-order valence-corrected chi connectivity index (χ4v) is 4.02. The van der Waals surface area contributed by atoms with Gasteiger partial charge in [0.05, 0.1) is 0 Å². The molecule has 0 aliphatic heterocycles. The molecule has 0 amide bonds. The van der Waals surface area contributed by atoms with Crippen molar-refractivity contribution in [1.82, 2.24) is 0 Å². The Morgan fingerprint density at radius 2 is 1.80 bits per heavy atom. The highest BCUT2D eigenvalue weighted by Gasteiger charge is 2.55. The first kappa shape index (κ1) is 12.1. The van der Waals surface area contributed by atoms with Gasteiger partial charge in [0.15, 0.2) is 0 Å². The van der Waals surface area contributed by atoms with Crippen molar-refractivity contribution in [2.24, 2.45) is 17.6 Å². The van der Waals surface area contributed by atoms with Gasteiger partial charge in [-0.25, -0.2) is 4.39 Å². The average Bonchev–Trinajstić information content (AvgIpc) is 3.22. The van der Waals surface area contributed by atoms with Gasteiger partial charge >= 0.3 is 0 Å². The molecule has 1 nitrogen and oxygen atoms in total. The Morgan fingerprint density at radius 1 is 1.05 bits per heavy atom. The normalized spacial score (nSPS) is 28.4. The highest BCUT2D eigenvalue weighted by molar-refractivity contribution is 5.41. The van der Waals surface area contributed by atoms with E-state index in [1.165, 1.54) is 36.1 Å². The molecule has 2 heteroatoms. The Labute approximate surface area is 118 Å². The lowest BCUT2D eigenvalue weighted by Crippen LogP contribution is -2.14. The van der Waals surface area contributed by atoms with Crippen LogP contribution in [0.1, 0.15) is 35.1 Å². The smallest absolute Gasteiger partial charge is 0.123 e. The van der Waals surface area contributed by atoms with E-state index in [0.29, 0.717) is 17.8 Å². The van der Waals surface area contributed by atoms with Crippen LogP contribution in [0.3, 0.4) is 0 Å². The molecular weight excluding hydrogens is 249 g/mol. The topological polar surface area (TPSA) is 26.0 Å². The molecule has 2 N–H and O–H groups in total. The van der Waals surface area contributed by atoms with Crippen LogP contribution in [0, 0.1) is 17.7 Å². The van der Waals surface area contributed by atoms with Gasteiger partial charge in [0.1, 0.15) is 5.82 Å². The minimum absolute atomic E-state index is 0.0248. The monoisotopic (exact) mass is 267 g/mol. The summed E-state index contributed by atoms with van der Waals surface area (Å²) in [6, 6.07) is 15.4. The molecule has 4 atom stereocenters. The van der Waals surface area contributed by atoms with Crippen LogP contribution in [-0.2, 0) is 6.42 Å². The molecule has 0 heterocycles. The molecule has 0 saturated heterocycles. The van der Waals surface area contributed by atoms with Crippen LogP contribution < -0.4 is 5.73 Å². The number of aryl methyl sites for hydroxylation is 1. The third-order valence-electron chi connectivity index (χ3n) is 5.06. The van der Waals surface area contributed by atoms with Crippen LogP contribution >= 0.6 is 0 Å². The highest BCUT2D eigenvalue weighted by atomic mass is 19.1. The van der Waals surface area contributed by atoms with E-state index >= 15 is 0 Å². The summed E-state index contributed by atoms with van der Waals surface area (Å²) in [6.45, 7) is 0. The molecule has 2 aliphatic rings. The predicted molar refractivity (Wildman–Crippen MR) is 77.8 cm³/mol. The standard InChI is InChI=1S/C18H18FN/c19-13-8-5-12(6-9-13)18(20)17-15-10-7-11-3-1-2-4-14(11)16(15)17/h1-6,8-9,15-18H,7,10,20H2. The number of fused-ring (bicyclic) bond motifs is 3. The van der Waals surface area contributed by atoms with E-state index in [-0.39, 0.29) is 11.9 Å². The van der Waals surface area contributed by atoms with Crippen molar-refractivity contribution >= 4 is 0 Å². The van der Waals surface area contributed by atoms with E-state index in [9.17, 15) is 4.39 Å². The van der Waals surface area contributed by atoms with Crippen molar-refractivity contribution in [3.63, 3.8) is 0 Å². The lowest BCUT2D eigenvalue weighted by Gasteiger charge is -2.13. The van der Waals surface area contributed by atoms with Gasteiger partial charge in [0, 0.05) is 6.04 Å². The van der Waals surface area contributed by atoms with E-state index in [2.05, 4.69) is 24.3 Å². The molecule has 0 bridgehead atoms. The maximum Gasteiger partial charge on any atom is 0.123 e. The summed E-state index contributed by atoms with van der Waals surface area (Å²) in [7, 11) is 0. The van der Waals surface area contributed by atoms with E-state index in [1.807, 2.05) is 12.1 Å². The summed E-state index contributed by atoms with van der Waals surface area (Å²) >= 11 is 0. The average molecular weight is 267 g/mol. The highest BCUT2D eigenvalue weighted by Crippen LogP contribution is 2.63. The number of halogens is 1. The number of benzene rings is 2. The van der Waals surface area contributed by atoms with Crippen molar-refractivity contribution in [3.05, 3.63) is 71.0 Å². The third kappa shape index (κ3) is 1.79. The molecule has 0 radical (unpaired) electrons. The molecule has 0 aromatic heterocycles. The van der Waals surface area contributed by atoms with Crippen LogP contribution in [0.5, 0.6) is 0 Å². The fraction of sp³-hybridized carbons (Fsp3) is 0.333. The molecule has 4 unspecified atom stereocenters. The molecule has 4 rings (SSSR count). The van der Waals surface area contributed by atoms with E-state index in [0.717, 1.165) is 5.56 Å². The first-order valence-electron chi connectivity index (χ1n) is 7.34. The molecule has 2 aromatic rings. The Bertz CT molecular complexity index is 634. The maximum atomic E-state index is 13.0. The van der Waals surface area contributed by atoms with Crippen LogP contribution in [0.4, 0.5) is 4.39 Å². The number of rotatable bonds is 2. The van der Waals surface area contributed by atoms with E-state index in [1.54, 1.807) is 0 Å². The van der Waals surface area contributed by atoms with Gasteiger partial charge in [-0.1, -0.05) is 36.4 Å². The van der Waals surface area contributed by atoms with Gasteiger partial charge in [0.2, 0.25) is 0 Å². The van der Waals surface area contributed by atoms with Crippen molar-refractivity contribution in [1.29, 1.82) is 0 Å². The third-order valence-corrected chi connectivity index (χ3v) is 5.06. The first-order chi connectivity index (χ1) is 9.75. The quantitative estimate of drug-likeness (QED) is 0.880. The maximum absolute atomic E-state index is 13.0. The van der Waals surface area contributed by atoms with Gasteiger partial charge < -0.3 is 5.73 Å². The lowest BCUT2D eigenvalue weighted by atomic mass is 9.92. The van der Waals surface area contributed by atoms with Crippen molar-refractivity contribution in [2.75, 3.05) is 0 Å². The summed E-state index contributed by atoms with van der Waals surface area (Å²) in [5.74, 6) is 1.65. The second kappa shape index (κ2) is 4.42. The summed E-state index contributed by atoms with van der Waals surface area (Å²) < 4.78 is 13.0. The second-order valence-corrected chi connectivity index (χ2v) is 6.08. The van der Waals surface area contributed by atoms with E-state index < -0.39 is 0 Å². The van der Waals surface area contributed by atoms with Crippen molar-refractivity contribution in [2.45, 2.75) is 24.8 Å². The van der Waals surface area contributed by atoms with Crippen molar-refractivity contribution in [3.8, 4) is 0 Å². The minimum atomic E-state index is -0.195. The number of nitrogens with two attached hydrogens (primary N) is 1. The minimum Gasteiger partial charge on any atom is -0.324 e. The summed E-state index contributed by atoms with van der Waals surface area (Å²) in [5, 5.41) is 0. The Kier molecular flexibility index (Phi) is 2.67. The van der Waals surface area contributed by atoms with Crippen LogP contribution in [-0.4, -0.2) is 0 Å². The number of hydrogen-bond acceptors (Lipinski definition) is 1. The van der Waals surface area contributed by atoms with Crippen molar-refractivity contribution < 1.29 is 4.39 Å². The Morgan fingerprint density at radius 3 is 2.60 bits per heavy atom. The zero-order valence-corrected chi connectivity index (χ0v) is 11.3. The van der Waals surface area contributed by atoms with Gasteiger partial charge in [-0.2, -0.15) is 0 Å². The Hall–Kier alpha value is -1.67. The Balaban J connectivity index is 1.62. The fourth-order valence-electron chi connectivity index (χ4n) is 4.02.